The Hall–Kier alpha value is -2.29. The Labute approximate surface area is 106 Å². The fourth-order valence-corrected chi connectivity index (χ4v) is 1.55. The van der Waals surface area contributed by atoms with Crippen molar-refractivity contribution in [3.8, 4) is 0 Å². The third kappa shape index (κ3) is 4.47. The van der Waals surface area contributed by atoms with Crippen LogP contribution in [0.5, 0.6) is 0 Å². The van der Waals surface area contributed by atoms with E-state index in [-0.39, 0.29) is 0 Å². The van der Waals surface area contributed by atoms with Gasteiger partial charge in [0.2, 0.25) is 5.91 Å². The first-order valence-corrected chi connectivity index (χ1v) is 6.04. The molecule has 0 aliphatic rings. The van der Waals surface area contributed by atoms with Gasteiger partial charge in [-0.3, -0.25) is 4.79 Å². The Morgan fingerprint density at radius 2 is 1.89 bits per heavy atom. The number of carboxylic acids is 1. The lowest BCUT2D eigenvalue weighted by atomic mass is 10.3. The van der Waals surface area contributed by atoms with E-state index in [1.807, 2.05) is 5.32 Å². The minimum absolute atomic E-state index is 0.395. The van der Waals surface area contributed by atoms with E-state index in [9.17, 15) is 26.3 Å². The minimum atomic E-state index is -5.04. The number of anilines is 1. The zero-order valence-electron chi connectivity index (χ0n) is 9.13. The summed E-state index contributed by atoms with van der Waals surface area (Å²) in [5.41, 5.74) is -0.410. The second-order valence-electron chi connectivity index (χ2n) is 3.24. The summed E-state index contributed by atoms with van der Waals surface area (Å²) in [4.78, 5) is 20.4. The molecule has 9 heteroatoms. The topological polar surface area (TPSA) is 101 Å². The molecule has 2 N–H and O–H groups in total. The third-order valence-electron chi connectivity index (χ3n) is 1.86. The van der Waals surface area contributed by atoms with Gasteiger partial charge in [0.15, 0.2) is 0 Å². The average molecular weight is 291 g/mol. The molecule has 1 aromatic rings. The Kier molecular flexibility index (Phi) is 4.33. The number of hydrogen-bond donors (Lipinski definition) is 2. The molecule has 6 nitrogen and oxygen atoms in total. The molecule has 0 unspecified atom stereocenters. The smallest absolute Gasteiger partial charge is 0.332 e. The number of hydrogen-bond acceptors (Lipinski definition) is 4. The van der Waals surface area contributed by atoms with E-state index in [2.05, 4.69) is 0 Å². The number of amides is 1. The highest BCUT2D eigenvalue weighted by Crippen LogP contribution is 2.20. The molecule has 0 bridgehead atoms. The number of halogens is 2. The summed E-state index contributed by atoms with van der Waals surface area (Å²) in [6.45, 7) is 0. The van der Waals surface area contributed by atoms with Crippen LogP contribution in [0.25, 0.3) is 0 Å². The highest BCUT2D eigenvalue weighted by molar-refractivity contribution is 7.86. The molecular weight excluding hydrogens is 284 g/mol. The van der Waals surface area contributed by atoms with Crippen LogP contribution in [-0.4, -0.2) is 25.4 Å². The molecule has 0 saturated carbocycles. The molecule has 0 atom stereocenters. The predicted octanol–water partition coefficient (Wildman–Crippen LogP) is 1.06. The van der Waals surface area contributed by atoms with E-state index < -0.39 is 38.5 Å². The van der Waals surface area contributed by atoms with Gasteiger partial charge < -0.3 is 10.4 Å². The first-order valence-electron chi connectivity index (χ1n) is 4.66. The fraction of sp³-hybridized carbons (Fsp3) is 0. The van der Waals surface area contributed by atoms with Crippen molar-refractivity contribution in [2.45, 2.75) is 4.90 Å². The van der Waals surface area contributed by atoms with Crippen LogP contribution in [0.3, 0.4) is 0 Å². The first-order chi connectivity index (χ1) is 8.70. The number of aliphatic carboxylic acids is 1. The normalized spacial score (nSPS) is 11.5. The van der Waals surface area contributed by atoms with Gasteiger partial charge in [0.05, 0.1) is 5.69 Å². The van der Waals surface area contributed by atoms with E-state index in [0.29, 0.717) is 18.2 Å². The molecule has 102 valence electrons. The molecule has 1 amide bonds. The maximum atomic E-state index is 13.4. The maximum absolute atomic E-state index is 13.4. The van der Waals surface area contributed by atoms with E-state index in [1.54, 1.807) is 0 Å². The number of carbonyl (C=O) groups is 2. The highest BCUT2D eigenvalue weighted by Gasteiger charge is 2.15. The van der Waals surface area contributed by atoms with Crippen LogP contribution in [0.2, 0.25) is 0 Å². The summed E-state index contributed by atoms with van der Waals surface area (Å²) in [6, 6.07) is 2.00. The van der Waals surface area contributed by atoms with Crippen molar-refractivity contribution in [3.63, 3.8) is 0 Å². The van der Waals surface area contributed by atoms with Gasteiger partial charge in [0, 0.05) is 12.2 Å². The summed E-state index contributed by atoms with van der Waals surface area (Å²) in [7, 11) is -5.04. The van der Waals surface area contributed by atoms with Crippen molar-refractivity contribution in [3.05, 3.63) is 36.2 Å². The Morgan fingerprint density at radius 1 is 1.26 bits per heavy atom. The van der Waals surface area contributed by atoms with Crippen LogP contribution in [0, 0.1) is 5.82 Å². The summed E-state index contributed by atoms with van der Waals surface area (Å²) < 4.78 is 46.9. The van der Waals surface area contributed by atoms with Crippen molar-refractivity contribution in [2.24, 2.45) is 0 Å². The second-order valence-corrected chi connectivity index (χ2v) is 4.59. The molecule has 0 radical (unpaired) electrons. The van der Waals surface area contributed by atoms with E-state index in [1.165, 1.54) is 0 Å². The largest absolute Gasteiger partial charge is 0.478 e. The SMILES string of the molecule is O=C(O)/C=C/C(=O)Nc1ccc(S(=O)(=O)F)cc1F. The number of carboxylic acid groups (broad SMARTS) is 1. The number of carbonyl (C=O) groups excluding carboxylic acids is 1. The molecule has 1 aromatic carbocycles. The molecule has 0 fully saturated rings. The molecule has 0 heterocycles. The molecule has 0 aliphatic carbocycles. The lowest BCUT2D eigenvalue weighted by Gasteiger charge is -2.04. The predicted molar refractivity (Wildman–Crippen MR) is 60.1 cm³/mol. The van der Waals surface area contributed by atoms with Gasteiger partial charge in [-0.25, -0.2) is 9.18 Å². The summed E-state index contributed by atoms with van der Waals surface area (Å²) in [6.07, 6.45) is 1.18. The van der Waals surface area contributed by atoms with Crippen LogP contribution >= 0.6 is 0 Å². The Balaban J connectivity index is 2.93. The van der Waals surface area contributed by atoms with Crippen LogP contribution in [0.1, 0.15) is 0 Å². The molecule has 0 saturated heterocycles. The molecule has 0 aliphatic heterocycles. The molecular formula is C10H7F2NO5S. The highest BCUT2D eigenvalue weighted by atomic mass is 32.3. The van der Waals surface area contributed by atoms with Crippen molar-refractivity contribution < 1.29 is 31.4 Å². The van der Waals surface area contributed by atoms with E-state index in [0.717, 1.165) is 12.1 Å². The van der Waals surface area contributed by atoms with Gasteiger partial charge in [-0.2, -0.15) is 8.42 Å². The number of benzene rings is 1. The van der Waals surface area contributed by atoms with Crippen LogP contribution in [0.4, 0.5) is 14.0 Å². The lowest BCUT2D eigenvalue weighted by molar-refractivity contribution is -0.131. The zero-order chi connectivity index (χ0) is 14.6. The third-order valence-corrected chi connectivity index (χ3v) is 2.67. The molecule has 1 rings (SSSR count). The van der Waals surface area contributed by atoms with Crippen LogP contribution < -0.4 is 5.32 Å². The summed E-state index contributed by atoms with van der Waals surface area (Å²) >= 11 is 0. The quantitative estimate of drug-likeness (QED) is 0.638. The Bertz CT molecular complexity index is 654. The van der Waals surface area contributed by atoms with Gasteiger partial charge in [-0.1, -0.05) is 0 Å². The van der Waals surface area contributed by atoms with Gasteiger partial charge >= 0.3 is 16.2 Å². The van der Waals surface area contributed by atoms with Gasteiger partial charge in [-0.05, 0) is 18.2 Å². The summed E-state index contributed by atoms with van der Waals surface area (Å²) in [5, 5.41) is 10.2. The standard InChI is InChI=1S/C10H7F2NO5S/c11-7-5-6(19(12,17)18)1-2-8(7)13-9(14)3-4-10(15)16/h1-5H,(H,13,14)(H,15,16)/b4-3+. The Morgan fingerprint density at radius 3 is 2.37 bits per heavy atom. The molecule has 0 spiro atoms. The lowest BCUT2D eigenvalue weighted by Crippen LogP contribution is -2.10. The number of rotatable bonds is 4. The zero-order valence-corrected chi connectivity index (χ0v) is 9.95. The van der Waals surface area contributed by atoms with Crippen molar-refractivity contribution >= 4 is 27.8 Å². The van der Waals surface area contributed by atoms with Crippen LogP contribution in [0.15, 0.2) is 35.2 Å². The van der Waals surface area contributed by atoms with Gasteiger partial charge in [-0.15, -0.1) is 3.89 Å². The van der Waals surface area contributed by atoms with Crippen molar-refractivity contribution in [1.29, 1.82) is 0 Å². The van der Waals surface area contributed by atoms with Gasteiger partial charge in [0.1, 0.15) is 10.7 Å². The minimum Gasteiger partial charge on any atom is -0.478 e. The monoisotopic (exact) mass is 291 g/mol. The first kappa shape index (κ1) is 14.8. The fourth-order valence-electron chi connectivity index (χ4n) is 1.07. The van der Waals surface area contributed by atoms with E-state index in [4.69, 9.17) is 5.11 Å². The van der Waals surface area contributed by atoms with Crippen molar-refractivity contribution in [2.75, 3.05) is 5.32 Å². The maximum Gasteiger partial charge on any atom is 0.332 e. The van der Waals surface area contributed by atoms with E-state index >= 15 is 0 Å². The molecule has 0 aromatic heterocycles. The second kappa shape index (κ2) is 5.57. The summed E-state index contributed by atoms with van der Waals surface area (Å²) in [5.74, 6) is -3.47. The van der Waals surface area contributed by atoms with Crippen molar-refractivity contribution in [1.82, 2.24) is 0 Å². The molecule has 19 heavy (non-hydrogen) atoms. The van der Waals surface area contributed by atoms with Crippen LogP contribution in [-0.2, 0) is 19.8 Å². The number of nitrogens with one attached hydrogen (secondary N) is 1. The van der Waals surface area contributed by atoms with Gasteiger partial charge in [0.25, 0.3) is 0 Å². The average Bonchev–Trinajstić information content (AvgIpc) is 2.27.